The van der Waals surface area contributed by atoms with Gasteiger partial charge >= 0.3 is 6.18 Å². The molecule has 1 fully saturated rings. The van der Waals surface area contributed by atoms with Gasteiger partial charge in [0.25, 0.3) is 10.0 Å². The zero-order valence-corrected chi connectivity index (χ0v) is 29.1. The van der Waals surface area contributed by atoms with Crippen LogP contribution in [-0.2, 0) is 38.8 Å². The normalized spacial score (nSPS) is 14.5. The molecule has 1 saturated carbocycles. The van der Waals surface area contributed by atoms with E-state index in [1.165, 1.54) is 29.2 Å². The van der Waals surface area contributed by atoms with Crippen molar-refractivity contribution < 1.29 is 31.2 Å². The Bertz CT molecular complexity index is 1870. The Balaban J connectivity index is 1.60. The van der Waals surface area contributed by atoms with Gasteiger partial charge in [0.1, 0.15) is 12.6 Å². The van der Waals surface area contributed by atoms with Gasteiger partial charge in [-0.3, -0.25) is 13.9 Å². The van der Waals surface area contributed by atoms with E-state index in [2.05, 4.69) is 5.32 Å². The largest absolute Gasteiger partial charge is 0.417 e. The Morgan fingerprint density at radius 2 is 1.48 bits per heavy atom. The maximum absolute atomic E-state index is 14.6. The molecule has 4 aromatic rings. The summed E-state index contributed by atoms with van der Waals surface area (Å²) in [5.41, 5.74) is 0.795. The third-order valence-electron chi connectivity index (χ3n) is 8.85. The van der Waals surface area contributed by atoms with Crippen LogP contribution in [0.2, 0.25) is 5.02 Å². The van der Waals surface area contributed by atoms with Crippen molar-refractivity contribution in [1.29, 1.82) is 0 Å². The predicted molar refractivity (Wildman–Crippen MR) is 188 cm³/mol. The molecule has 1 aliphatic carbocycles. The maximum Gasteiger partial charge on any atom is 0.417 e. The van der Waals surface area contributed by atoms with Crippen LogP contribution in [0.15, 0.2) is 108 Å². The van der Waals surface area contributed by atoms with Gasteiger partial charge in [-0.05, 0) is 61.2 Å². The number of carbonyl (C=O) groups excluding carboxylic acids is 2. The molecule has 2 amide bonds. The van der Waals surface area contributed by atoms with Gasteiger partial charge < -0.3 is 10.2 Å². The fourth-order valence-electron chi connectivity index (χ4n) is 6.12. The molecule has 1 aliphatic rings. The molecule has 0 radical (unpaired) electrons. The number of hydrogen-bond donors (Lipinski definition) is 1. The second-order valence-electron chi connectivity index (χ2n) is 12.5. The van der Waals surface area contributed by atoms with Gasteiger partial charge in [-0.15, -0.1) is 0 Å². The molecule has 264 valence electrons. The van der Waals surface area contributed by atoms with Crippen molar-refractivity contribution in [3.05, 3.63) is 130 Å². The number of nitrogens with one attached hydrogen (secondary N) is 1. The lowest BCUT2D eigenvalue weighted by Crippen LogP contribution is -2.55. The van der Waals surface area contributed by atoms with Crippen LogP contribution in [0.1, 0.15) is 54.4 Å². The van der Waals surface area contributed by atoms with Gasteiger partial charge in [-0.2, -0.15) is 13.2 Å². The summed E-state index contributed by atoms with van der Waals surface area (Å²) in [5, 5.41) is 2.52. The third-order valence-corrected chi connectivity index (χ3v) is 11.0. The van der Waals surface area contributed by atoms with E-state index in [0.29, 0.717) is 15.9 Å². The van der Waals surface area contributed by atoms with Crippen molar-refractivity contribution in [2.24, 2.45) is 0 Å². The second-order valence-corrected chi connectivity index (χ2v) is 14.8. The summed E-state index contributed by atoms with van der Waals surface area (Å²) in [7, 11) is -4.59. The molecular weight excluding hydrogens is 687 g/mol. The maximum atomic E-state index is 14.6. The van der Waals surface area contributed by atoms with Gasteiger partial charge in [-0.25, -0.2) is 8.42 Å². The second kappa shape index (κ2) is 16.1. The van der Waals surface area contributed by atoms with Crippen LogP contribution in [0.3, 0.4) is 0 Å². The molecule has 0 unspecified atom stereocenters. The highest BCUT2D eigenvalue weighted by Crippen LogP contribution is 2.38. The zero-order chi connectivity index (χ0) is 35.9. The van der Waals surface area contributed by atoms with Crippen LogP contribution < -0.4 is 9.62 Å². The van der Waals surface area contributed by atoms with E-state index in [-0.39, 0.29) is 29.8 Å². The first-order valence-corrected chi connectivity index (χ1v) is 18.3. The molecule has 0 aliphatic heterocycles. The number of amides is 2. The number of carbonyl (C=O) groups is 2. The first-order chi connectivity index (χ1) is 23.8. The average Bonchev–Trinajstić information content (AvgIpc) is 3.10. The van der Waals surface area contributed by atoms with Crippen LogP contribution in [-0.4, -0.2) is 43.8 Å². The van der Waals surface area contributed by atoms with Gasteiger partial charge in [0.05, 0.1) is 21.2 Å². The van der Waals surface area contributed by atoms with Gasteiger partial charge in [-0.1, -0.05) is 109 Å². The molecule has 0 spiro atoms. The number of benzene rings is 4. The van der Waals surface area contributed by atoms with Crippen LogP contribution in [0.5, 0.6) is 0 Å². The number of sulfonamides is 1. The molecule has 0 heterocycles. The summed E-state index contributed by atoms with van der Waals surface area (Å²) in [6.45, 7) is 0.975. The van der Waals surface area contributed by atoms with E-state index in [1.54, 1.807) is 6.07 Å². The summed E-state index contributed by atoms with van der Waals surface area (Å²) in [6, 6.07) is 25.3. The molecule has 50 heavy (non-hydrogen) atoms. The van der Waals surface area contributed by atoms with Crippen molar-refractivity contribution in [3.8, 4) is 0 Å². The van der Waals surface area contributed by atoms with Crippen LogP contribution in [0.25, 0.3) is 0 Å². The fraction of sp³-hybridized carbons (Fsp3) is 0.316. The van der Waals surface area contributed by atoms with E-state index in [4.69, 9.17) is 11.6 Å². The summed E-state index contributed by atoms with van der Waals surface area (Å²) >= 11 is 5.90. The van der Waals surface area contributed by atoms with Gasteiger partial charge in [0, 0.05) is 19.0 Å². The first-order valence-electron chi connectivity index (χ1n) is 16.5. The number of anilines is 1. The summed E-state index contributed by atoms with van der Waals surface area (Å²) < 4.78 is 70.9. The quantitative estimate of drug-likeness (QED) is 0.161. The van der Waals surface area contributed by atoms with E-state index in [0.717, 1.165) is 55.4 Å². The average molecular weight is 726 g/mol. The summed E-state index contributed by atoms with van der Waals surface area (Å²) in [5.74, 6) is -1.15. The third kappa shape index (κ3) is 9.25. The zero-order valence-electron chi connectivity index (χ0n) is 27.6. The number of halogens is 4. The number of rotatable bonds is 12. The smallest absolute Gasteiger partial charge is 0.352 e. The lowest BCUT2D eigenvalue weighted by Gasteiger charge is -2.35. The molecule has 0 aromatic heterocycles. The highest BCUT2D eigenvalue weighted by atomic mass is 35.5. The van der Waals surface area contributed by atoms with Gasteiger partial charge in [0.2, 0.25) is 11.8 Å². The Morgan fingerprint density at radius 1 is 0.860 bits per heavy atom. The van der Waals surface area contributed by atoms with Crippen molar-refractivity contribution in [2.75, 3.05) is 10.8 Å². The summed E-state index contributed by atoms with van der Waals surface area (Å²) in [4.78, 5) is 30.0. The van der Waals surface area contributed by atoms with E-state index in [9.17, 15) is 31.2 Å². The fourth-order valence-corrected chi connectivity index (χ4v) is 7.77. The molecule has 1 N–H and O–H groups in total. The van der Waals surface area contributed by atoms with E-state index in [1.807, 2.05) is 61.5 Å². The lowest BCUT2D eigenvalue weighted by atomic mass is 9.94. The monoisotopic (exact) mass is 725 g/mol. The number of nitrogens with zero attached hydrogens (tertiary/aromatic N) is 2. The van der Waals surface area contributed by atoms with Crippen LogP contribution in [0.4, 0.5) is 18.9 Å². The SMILES string of the molecule is Cc1ccc(CN(C(=O)CN(c2ccc(Cl)c(C(F)(F)F)c2)S(=O)(=O)c2ccccc2)[C@@H](Cc2ccccc2)C(=O)NC2CCCCC2)cc1. The lowest BCUT2D eigenvalue weighted by molar-refractivity contribution is -0.140. The van der Waals surface area contributed by atoms with Crippen molar-refractivity contribution in [2.45, 2.75) is 75.1 Å². The predicted octanol–water partition coefficient (Wildman–Crippen LogP) is 7.95. The minimum Gasteiger partial charge on any atom is -0.352 e. The minimum atomic E-state index is -4.89. The van der Waals surface area contributed by atoms with Crippen LogP contribution >= 0.6 is 11.6 Å². The highest BCUT2D eigenvalue weighted by Gasteiger charge is 2.38. The molecular formula is C38H39ClF3N3O4S. The number of alkyl halides is 3. The molecule has 4 aromatic carbocycles. The van der Waals surface area contributed by atoms with Crippen molar-refractivity contribution in [3.63, 3.8) is 0 Å². The standard InChI is InChI=1S/C38H39ClF3N3O4S/c1-27-17-19-29(20-18-27)25-44(35(23-28-11-5-2-6-12-28)37(47)43-30-13-7-3-8-14-30)36(46)26-45(50(48,49)32-15-9-4-10-16-32)31-21-22-34(39)33(24-31)38(40,41)42/h2,4-6,9-12,15-22,24,30,35H,3,7-8,13-14,23,25-26H2,1H3,(H,43,47)/t35-/m0/s1. The van der Waals surface area contributed by atoms with E-state index >= 15 is 0 Å². The number of aryl methyl sites for hydroxylation is 1. The Kier molecular flexibility index (Phi) is 11.9. The molecule has 7 nitrogen and oxygen atoms in total. The van der Waals surface area contributed by atoms with Crippen LogP contribution in [0, 0.1) is 6.92 Å². The molecule has 0 saturated heterocycles. The molecule has 0 bridgehead atoms. The Morgan fingerprint density at radius 3 is 2.10 bits per heavy atom. The van der Waals surface area contributed by atoms with Crippen molar-refractivity contribution >= 4 is 39.1 Å². The Hall–Kier alpha value is -4.35. The van der Waals surface area contributed by atoms with Gasteiger partial charge in [0.15, 0.2) is 0 Å². The molecule has 5 rings (SSSR count). The Labute approximate surface area is 296 Å². The topological polar surface area (TPSA) is 86.8 Å². The van der Waals surface area contributed by atoms with E-state index < -0.39 is 51.0 Å². The highest BCUT2D eigenvalue weighted by molar-refractivity contribution is 7.92. The molecule has 1 atom stereocenters. The summed E-state index contributed by atoms with van der Waals surface area (Å²) in [6.07, 6.45) is -0.157. The first kappa shape index (κ1) is 36.9. The van der Waals surface area contributed by atoms with Crippen molar-refractivity contribution in [1.82, 2.24) is 10.2 Å². The minimum absolute atomic E-state index is 0.0532. The molecule has 12 heteroatoms. The number of hydrogen-bond acceptors (Lipinski definition) is 4.